The summed E-state index contributed by atoms with van der Waals surface area (Å²) in [5.41, 5.74) is 1.50. The number of hydrogen-bond donors (Lipinski definition) is 0. The van der Waals surface area contributed by atoms with Crippen LogP contribution in [0.2, 0.25) is 0 Å². The van der Waals surface area contributed by atoms with E-state index in [1.165, 1.54) is 18.0 Å². The van der Waals surface area contributed by atoms with Gasteiger partial charge in [0.25, 0.3) is 5.88 Å². The van der Waals surface area contributed by atoms with Crippen LogP contribution in [0.25, 0.3) is 16.8 Å². The van der Waals surface area contributed by atoms with E-state index in [9.17, 15) is 17.6 Å². The van der Waals surface area contributed by atoms with Crippen molar-refractivity contribution < 1.29 is 22.3 Å². The zero-order valence-corrected chi connectivity index (χ0v) is 13.9. The number of alkyl halides is 3. The van der Waals surface area contributed by atoms with Gasteiger partial charge in [-0.15, -0.1) is 0 Å². The van der Waals surface area contributed by atoms with Gasteiger partial charge in [-0.3, -0.25) is 4.40 Å². The Morgan fingerprint density at radius 3 is 2.64 bits per heavy atom. The Hall–Kier alpha value is -2.36. The minimum atomic E-state index is -4.60. The molecule has 0 aliphatic heterocycles. The highest BCUT2D eigenvalue weighted by Crippen LogP contribution is 2.28. The van der Waals surface area contributed by atoms with E-state index >= 15 is 0 Å². The Morgan fingerprint density at radius 2 is 2.00 bits per heavy atom. The van der Waals surface area contributed by atoms with Crippen molar-refractivity contribution in [2.75, 3.05) is 6.26 Å². The number of ether oxygens (including phenoxy) is 1. The summed E-state index contributed by atoms with van der Waals surface area (Å²) in [6.45, 7) is 0.787. The Bertz CT molecular complexity index is 912. The highest BCUT2D eigenvalue weighted by Gasteiger charge is 2.38. The summed E-state index contributed by atoms with van der Waals surface area (Å²) >= 11 is 1.38. The van der Waals surface area contributed by atoms with Gasteiger partial charge in [0.05, 0.1) is 17.4 Å². The maximum Gasteiger partial charge on any atom is 0.425 e. The van der Waals surface area contributed by atoms with Crippen LogP contribution in [0.4, 0.5) is 17.6 Å². The van der Waals surface area contributed by atoms with Crippen molar-refractivity contribution in [2.45, 2.75) is 24.4 Å². The predicted molar refractivity (Wildman–Crippen MR) is 84.1 cm³/mol. The second kappa shape index (κ2) is 6.51. The summed E-state index contributed by atoms with van der Waals surface area (Å²) < 4.78 is 58.0. The maximum absolute atomic E-state index is 14.1. The van der Waals surface area contributed by atoms with Crippen LogP contribution >= 0.6 is 11.8 Å². The van der Waals surface area contributed by atoms with Crippen LogP contribution in [-0.2, 0) is 0 Å². The second-order valence-electron chi connectivity index (χ2n) is 5.13. The lowest BCUT2D eigenvalue weighted by Gasteiger charge is -2.17. The van der Waals surface area contributed by atoms with E-state index in [0.717, 1.165) is 18.5 Å². The SMILES string of the molecule is CSc1nc(-c2cnc(OC(C)C(F)(F)F)c(F)c2)cc2cncn12. The molecule has 3 rings (SSSR count). The van der Waals surface area contributed by atoms with Crippen LogP contribution in [-0.4, -0.2) is 37.9 Å². The molecule has 10 heteroatoms. The molecule has 0 bridgehead atoms. The summed E-state index contributed by atoms with van der Waals surface area (Å²) in [6, 6.07) is 2.73. The number of hydrogen-bond acceptors (Lipinski definition) is 5. The number of aromatic nitrogens is 4. The zero-order valence-electron chi connectivity index (χ0n) is 13.1. The molecule has 0 amide bonds. The smallest absolute Gasteiger partial charge is 0.425 e. The van der Waals surface area contributed by atoms with Crippen LogP contribution in [0.15, 0.2) is 36.0 Å². The normalized spacial score (nSPS) is 13.2. The average Bonchev–Trinajstić information content (AvgIpc) is 3.03. The molecule has 3 aromatic rings. The van der Waals surface area contributed by atoms with Crippen molar-refractivity contribution in [2.24, 2.45) is 0 Å². The molecular weight excluding hydrogens is 360 g/mol. The van der Waals surface area contributed by atoms with Crippen LogP contribution in [0.1, 0.15) is 6.92 Å². The van der Waals surface area contributed by atoms with Gasteiger partial charge in [-0.05, 0) is 25.3 Å². The monoisotopic (exact) mass is 372 g/mol. The summed E-state index contributed by atoms with van der Waals surface area (Å²) in [4.78, 5) is 12.1. The molecule has 1 atom stereocenters. The molecule has 25 heavy (non-hydrogen) atoms. The van der Waals surface area contributed by atoms with Crippen LogP contribution < -0.4 is 4.74 Å². The molecule has 132 valence electrons. The van der Waals surface area contributed by atoms with Crippen molar-refractivity contribution >= 4 is 17.3 Å². The van der Waals surface area contributed by atoms with E-state index in [1.54, 1.807) is 23.0 Å². The summed E-state index contributed by atoms with van der Waals surface area (Å²) in [7, 11) is 0. The second-order valence-corrected chi connectivity index (χ2v) is 5.90. The first kappa shape index (κ1) is 17.5. The Kier molecular flexibility index (Phi) is 4.55. The largest absolute Gasteiger partial charge is 0.463 e. The van der Waals surface area contributed by atoms with Crippen molar-refractivity contribution in [3.8, 4) is 17.1 Å². The molecule has 0 saturated heterocycles. The summed E-state index contributed by atoms with van der Waals surface area (Å²) in [5, 5.41) is 0.636. The number of fused-ring (bicyclic) bond motifs is 1. The number of imidazole rings is 1. The number of rotatable bonds is 4. The third-order valence-corrected chi connectivity index (χ3v) is 4.06. The highest BCUT2D eigenvalue weighted by atomic mass is 32.2. The molecule has 0 spiro atoms. The first-order valence-electron chi connectivity index (χ1n) is 7.06. The van der Waals surface area contributed by atoms with Crippen molar-refractivity contribution in [1.82, 2.24) is 19.4 Å². The van der Waals surface area contributed by atoms with Gasteiger partial charge in [0.1, 0.15) is 6.33 Å². The quantitative estimate of drug-likeness (QED) is 0.394. The summed E-state index contributed by atoms with van der Waals surface area (Å²) in [5.74, 6) is -1.70. The van der Waals surface area contributed by atoms with E-state index in [-0.39, 0.29) is 0 Å². The van der Waals surface area contributed by atoms with E-state index in [4.69, 9.17) is 0 Å². The molecule has 0 fully saturated rings. The Morgan fingerprint density at radius 1 is 1.24 bits per heavy atom. The highest BCUT2D eigenvalue weighted by molar-refractivity contribution is 7.98. The first-order valence-corrected chi connectivity index (χ1v) is 8.28. The fourth-order valence-corrected chi connectivity index (χ4v) is 2.62. The molecular formula is C15H12F4N4OS. The van der Waals surface area contributed by atoms with Crippen LogP contribution in [0, 0.1) is 5.82 Å². The molecule has 1 unspecified atom stereocenters. The molecule has 0 saturated carbocycles. The molecule has 3 heterocycles. The van der Waals surface area contributed by atoms with E-state index < -0.39 is 24.0 Å². The lowest BCUT2D eigenvalue weighted by molar-refractivity contribution is -0.190. The predicted octanol–water partition coefficient (Wildman–Crippen LogP) is 3.98. The van der Waals surface area contributed by atoms with Crippen molar-refractivity contribution in [3.05, 3.63) is 36.7 Å². The third kappa shape index (κ3) is 3.53. The fraction of sp³-hybridized carbons (Fsp3) is 0.267. The first-order chi connectivity index (χ1) is 11.8. The Balaban J connectivity index is 1.95. The molecule has 0 radical (unpaired) electrons. The van der Waals surface area contributed by atoms with Gasteiger partial charge in [-0.1, -0.05) is 11.8 Å². The summed E-state index contributed by atoms with van der Waals surface area (Å²) in [6.07, 6.45) is -0.483. The van der Waals surface area contributed by atoms with E-state index in [1.807, 2.05) is 6.26 Å². The minimum Gasteiger partial charge on any atom is -0.463 e. The van der Waals surface area contributed by atoms with Gasteiger partial charge in [0.2, 0.25) is 0 Å². The average molecular weight is 372 g/mol. The molecule has 0 aromatic carbocycles. The molecule has 0 aliphatic carbocycles. The lowest BCUT2D eigenvalue weighted by Crippen LogP contribution is -2.31. The van der Waals surface area contributed by atoms with Gasteiger partial charge in [0, 0.05) is 11.8 Å². The number of nitrogens with zero attached hydrogens (tertiary/aromatic N) is 4. The number of pyridine rings is 1. The standard InChI is InChI=1S/C15H12F4N4OS/c1-8(15(17,18)19)24-13-11(16)3-9(5-21-13)12-4-10-6-20-7-23(10)14(22-12)25-2/h3-8H,1-2H3. The number of halogens is 4. The maximum atomic E-state index is 14.1. The lowest BCUT2D eigenvalue weighted by atomic mass is 10.2. The molecule has 3 aromatic heterocycles. The van der Waals surface area contributed by atoms with E-state index in [0.29, 0.717) is 16.4 Å². The van der Waals surface area contributed by atoms with Crippen molar-refractivity contribution in [3.63, 3.8) is 0 Å². The third-order valence-electron chi connectivity index (χ3n) is 3.41. The van der Waals surface area contributed by atoms with Crippen molar-refractivity contribution in [1.29, 1.82) is 0 Å². The fourth-order valence-electron chi connectivity index (χ4n) is 2.08. The van der Waals surface area contributed by atoms with Gasteiger partial charge >= 0.3 is 6.18 Å². The van der Waals surface area contributed by atoms with Gasteiger partial charge < -0.3 is 4.74 Å². The minimum absolute atomic E-state index is 0.323. The topological polar surface area (TPSA) is 52.3 Å². The zero-order chi connectivity index (χ0) is 18.2. The number of thioether (sulfide) groups is 1. The van der Waals surface area contributed by atoms with Gasteiger partial charge in [0.15, 0.2) is 17.1 Å². The van der Waals surface area contributed by atoms with Gasteiger partial charge in [-0.2, -0.15) is 13.2 Å². The van der Waals surface area contributed by atoms with Gasteiger partial charge in [-0.25, -0.2) is 19.3 Å². The molecule has 0 N–H and O–H groups in total. The van der Waals surface area contributed by atoms with Crippen LogP contribution in [0.3, 0.4) is 0 Å². The molecule has 0 aliphatic rings. The van der Waals surface area contributed by atoms with E-state index in [2.05, 4.69) is 19.7 Å². The Labute approximate surface area is 144 Å². The molecule has 5 nitrogen and oxygen atoms in total. The van der Waals surface area contributed by atoms with Crippen LogP contribution in [0.5, 0.6) is 5.88 Å².